The molecule has 6 nitrogen and oxygen atoms in total. The number of hydrogen-bond acceptors (Lipinski definition) is 4. The Morgan fingerprint density at radius 1 is 0.750 bits per heavy atom. The number of aryl methyl sites for hydroxylation is 1. The van der Waals surface area contributed by atoms with E-state index in [0.29, 0.717) is 17.1 Å². The molecule has 0 bridgehead atoms. The molecular formula is C32H44N4O2Si2. The zero-order chi connectivity index (χ0) is 31.0. The minimum Gasteiger partial charge on any atom is -0.494 e. The summed E-state index contributed by atoms with van der Waals surface area (Å²) in [4.78, 5) is 11.2. The SMILES string of the molecule is Cc1cc(N(C)C)c(N(C)C)c(C#C[Si](C)(C)C)c1C.[C-]#[N+]c1cc(OC)c(OC)c(C#C[Si](C)(C)C)c1[N+]#[C-]. The normalized spacial score (nSPS) is 10.3. The lowest BCUT2D eigenvalue weighted by Gasteiger charge is -2.26. The van der Waals surface area contributed by atoms with Crippen LogP contribution >= 0.6 is 0 Å². The van der Waals surface area contributed by atoms with Gasteiger partial charge < -0.3 is 19.3 Å². The number of anilines is 2. The fraction of sp³-hybridized carbons (Fsp3) is 0.438. The fourth-order valence-electron chi connectivity index (χ4n) is 3.62. The van der Waals surface area contributed by atoms with Crippen LogP contribution in [-0.4, -0.2) is 58.6 Å². The summed E-state index contributed by atoms with van der Waals surface area (Å²) in [5.74, 6) is 7.34. The molecule has 0 saturated carbocycles. The Hall–Kier alpha value is -3.83. The van der Waals surface area contributed by atoms with Crippen molar-refractivity contribution in [2.24, 2.45) is 0 Å². The van der Waals surface area contributed by atoms with Gasteiger partial charge in [0.05, 0.1) is 49.9 Å². The summed E-state index contributed by atoms with van der Waals surface area (Å²) in [6.07, 6.45) is 0. The Morgan fingerprint density at radius 3 is 1.65 bits per heavy atom. The molecule has 0 N–H and O–H groups in total. The van der Waals surface area contributed by atoms with Crippen molar-refractivity contribution in [1.29, 1.82) is 0 Å². The second kappa shape index (κ2) is 14.0. The second-order valence-corrected chi connectivity index (χ2v) is 21.4. The van der Waals surface area contributed by atoms with Gasteiger partial charge in [-0.25, -0.2) is 9.69 Å². The summed E-state index contributed by atoms with van der Waals surface area (Å²) in [6.45, 7) is 32.0. The van der Waals surface area contributed by atoms with E-state index in [9.17, 15) is 0 Å². The number of ether oxygens (including phenoxy) is 2. The molecule has 0 fully saturated rings. The smallest absolute Gasteiger partial charge is 0.213 e. The molecule has 40 heavy (non-hydrogen) atoms. The highest BCUT2D eigenvalue weighted by molar-refractivity contribution is 6.84. The van der Waals surface area contributed by atoms with Crippen LogP contribution in [0, 0.1) is 49.9 Å². The van der Waals surface area contributed by atoms with E-state index in [1.54, 1.807) is 0 Å². The molecular weight excluding hydrogens is 529 g/mol. The van der Waals surface area contributed by atoms with E-state index in [2.05, 4.69) is 130 Å². The molecule has 0 aliphatic rings. The minimum absolute atomic E-state index is 0.225. The van der Waals surface area contributed by atoms with Crippen LogP contribution in [0.2, 0.25) is 39.3 Å². The Kier molecular flexibility index (Phi) is 12.0. The first-order chi connectivity index (χ1) is 18.4. The number of benzene rings is 2. The van der Waals surface area contributed by atoms with Gasteiger partial charge in [0.15, 0.2) is 11.4 Å². The third-order valence-electron chi connectivity index (χ3n) is 5.71. The molecule has 0 heterocycles. The van der Waals surface area contributed by atoms with E-state index >= 15 is 0 Å². The molecule has 0 atom stereocenters. The van der Waals surface area contributed by atoms with Crippen molar-refractivity contribution >= 4 is 38.9 Å². The summed E-state index contributed by atoms with van der Waals surface area (Å²) >= 11 is 0. The lowest BCUT2D eigenvalue weighted by atomic mass is 9.99. The molecule has 0 spiro atoms. The number of nitrogens with zero attached hydrogens (tertiary/aromatic N) is 4. The molecule has 8 heteroatoms. The topological polar surface area (TPSA) is 33.7 Å². The first-order valence-electron chi connectivity index (χ1n) is 13.0. The highest BCUT2D eigenvalue weighted by Crippen LogP contribution is 2.44. The third kappa shape index (κ3) is 9.13. The van der Waals surface area contributed by atoms with Gasteiger partial charge in [0.2, 0.25) is 5.69 Å². The molecule has 0 unspecified atom stereocenters. The van der Waals surface area contributed by atoms with Crippen molar-refractivity contribution in [3.63, 3.8) is 0 Å². The first-order valence-corrected chi connectivity index (χ1v) is 20.0. The summed E-state index contributed by atoms with van der Waals surface area (Å²) in [5, 5.41) is 0. The third-order valence-corrected chi connectivity index (χ3v) is 7.46. The van der Waals surface area contributed by atoms with E-state index in [-0.39, 0.29) is 11.4 Å². The Balaban J connectivity index is 0.000000400. The van der Waals surface area contributed by atoms with Crippen molar-refractivity contribution in [1.82, 2.24) is 0 Å². The Morgan fingerprint density at radius 2 is 1.27 bits per heavy atom. The summed E-state index contributed by atoms with van der Waals surface area (Å²) in [7, 11) is 8.39. The predicted octanol–water partition coefficient (Wildman–Crippen LogP) is 7.70. The lowest BCUT2D eigenvalue weighted by Crippen LogP contribution is -2.20. The number of methoxy groups -OCH3 is 2. The average Bonchev–Trinajstić information content (AvgIpc) is 2.85. The maximum Gasteiger partial charge on any atom is 0.213 e. The largest absolute Gasteiger partial charge is 0.494 e. The van der Waals surface area contributed by atoms with E-state index in [1.165, 1.54) is 48.4 Å². The van der Waals surface area contributed by atoms with Gasteiger partial charge in [-0.2, -0.15) is 0 Å². The van der Waals surface area contributed by atoms with Crippen LogP contribution in [-0.2, 0) is 0 Å². The maximum absolute atomic E-state index is 7.29. The monoisotopic (exact) mass is 572 g/mol. The highest BCUT2D eigenvalue weighted by atomic mass is 28.3. The van der Waals surface area contributed by atoms with Gasteiger partial charge in [-0.05, 0) is 37.1 Å². The van der Waals surface area contributed by atoms with Crippen LogP contribution in [0.1, 0.15) is 22.3 Å². The van der Waals surface area contributed by atoms with Crippen LogP contribution in [0.25, 0.3) is 9.69 Å². The summed E-state index contributed by atoms with van der Waals surface area (Å²) in [6, 6.07) is 3.77. The van der Waals surface area contributed by atoms with E-state index in [1.807, 2.05) is 0 Å². The predicted molar refractivity (Wildman–Crippen MR) is 177 cm³/mol. The molecule has 212 valence electrons. The van der Waals surface area contributed by atoms with Crippen molar-refractivity contribution in [2.75, 3.05) is 52.2 Å². The molecule has 0 radical (unpaired) electrons. The standard InChI is InChI=1S/C17H28N2Si.C15H16N2O2Si/c1-13-12-16(18(3)4)17(19(5)6)15(14(13)2)10-11-20(7,8)9;1-16-12-10-13(18-3)15(19-4)11(14(12)17-2)8-9-20(5,6)7/h12H,1-9H3;10H,3-7H3. The Labute approximate surface area is 245 Å². The molecule has 0 aliphatic carbocycles. The molecule has 0 aromatic heterocycles. The van der Waals surface area contributed by atoms with Crippen molar-refractivity contribution < 1.29 is 9.47 Å². The molecule has 2 aromatic rings. The van der Waals surface area contributed by atoms with E-state index < -0.39 is 16.1 Å². The summed E-state index contributed by atoms with van der Waals surface area (Å²) < 4.78 is 10.5. The zero-order valence-corrected chi connectivity index (χ0v) is 28.8. The molecule has 0 saturated heterocycles. The molecule has 2 rings (SSSR count). The molecule has 0 aliphatic heterocycles. The van der Waals surface area contributed by atoms with Crippen LogP contribution in [0.3, 0.4) is 0 Å². The first kappa shape index (κ1) is 34.2. The maximum atomic E-state index is 7.29. The highest BCUT2D eigenvalue weighted by Gasteiger charge is 2.20. The minimum atomic E-state index is -1.60. The van der Waals surface area contributed by atoms with Crippen molar-refractivity contribution in [2.45, 2.75) is 53.1 Å². The molecule has 0 amide bonds. The van der Waals surface area contributed by atoms with Crippen LogP contribution in [0.5, 0.6) is 11.5 Å². The Bertz CT molecular complexity index is 1440. The van der Waals surface area contributed by atoms with Gasteiger partial charge in [-0.3, -0.25) is 0 Å². The zero-order valence-electron chi connectivity index (χ0n) is 26.8. The summed E-state index contributed by atoms with van der Waals surface area (Å²) in [5.41, 5.74) is 13.9. The van der Waals surface area contributed by atoms with Crippen molar-refractivity contribution in [3.8, 4) is 34.4 Å². The van der Waals surface area contributed by atoms with Gasteiger partial charge in [-0.15, -0.1) is 11.1 Å². The van der Waals surface area contributed by atoms with E-state index in [4.69, 9.17) is 22.6 Å². The average molecular weight is 573 g/mol. The second-order valence-electron chi connectivity index (χ2n) is 11.9. The fourth-order valence-corrected chi connectivity index (χ4v) is 4.62. The van der Waals surface area contributed by atoms with Gasteiger partial charge in [0.1, 0.15) is 21.9 Å². The van der Waals surface area contributed by atoms with Crippen LogP contribution in [0.15, 0.2) is 12.1 Å². The van der Waals surface area contributed by atoms with Crippen LogP contribution < -0.4 is 19.3 Å². The number of hydrogen-bond donors (Lipinski definition) is 0. The quantitative estimate of drug-likeness (QED) is 0.214. The number of rotatable bonds is 4. The van der Waals surface area contributed by atoms with Gasteiger partial charge in [0.25, 0.3) is 0 Å². The van der Waals surface area contributed by atoms with Gasteiger partial charge in [0, 0.05) is 28.2 Å². The van der Waals surface area contributed by atoms with E-state index in [0.717, 1.165) is 0 Å². The van der Waals surface area contributed by atoms with Crippen molar-refractivity contribution in [3.05, 3.63) is 57.2 Å². The molecule has 2 aromatic carbocycles. The van der Waals surface area contributed by atoms with Gasteiger partial charge >= 0.3 is 0 Å². The van der Waals surface area contributed by atoms with Crippen LogP contribution in [0.4, 0.5) is 22.7 Å². The lowest BCUT2D eigenvalue weighted by molar-refractivity contribution is 0.354. The van der Waals surface area contributed by atoms with Gasteiger partial charge in [-0.1, -0.05) is 51.1 Å².